The number of aromatic nitrogens is 2. The van der Waals surface area contributed by atoms with Crippen LogP contribution >= 0.6 is 22.6 Å². The molecule has 2 rings (SSSR count). The molecule has 2 aromatic rings. The van der Waals surface area contributed by atoms with Gasteiger partial charge in [0.05, 0.1) is 3.57 Å². The van der Waals surface area contributed by atoms with Crippen molar-refractivity contribution in [1.82, 2.24) is 9.97 Å². The van der Waals surface area contributed by atoms with Crippen molar-refractivity contribution in [3.05, 3.63) is 39.8 Å². The van der Waals surface area contributed by atoms with Crippen LogP contribution in [0.4, 0.5) is 21.8 Å². The van der Waals surface area contributed by atoms with E-state index in [4.69, 9.17) is 0 Å². The second-order valence-corrected chi connectivity index (χ2v) is 4.43. The summed E-state index contributed by atoms with van der Waals surface area (Å²) in [4.78, 5) is 8.42. The van der Waals surface area contributed by atoms with E-state index in [0.717, 1.165) is 15.1 Å². The van der Waals surface area contributed by atoms with Crippen molar-refractivity contribution in [3.8, 4) is 0 Å². The average Bonchev–Trinajstić information content (AvgIpc) is 2.34. The summed E-state index contributed by atoms with van der Waals surface area (Å²) in [5.74, 6) is 0.960. The van der Waals surface area contributed by atoms with Gasteiger partial charge in [-0.15, -0.1) is 0 Å². The Morgan fingerprint density at radius 1 is 1.24 bits per heavy atom. The van der Waals surface area contributed by atoms with E-state index in [1.165, 1.54) is 12.1 Å². The minimum absolute atomic E-state index is 0.269. The molecule has 1 aromatic heterocycles. The predicted molar refractivity (Wildman–Crippen MR) is 74.0 cm³/mol. The molecule has 6 heteroatoms. The predicted octanol–water partition coefficient (Wildman–Crippen LogP) is 3.01. The lowest BCUT2D eigenvalue weighted by atomic mass is 10.3. The molecule has 0 radical (unpaired) electrons. The van der Waals surface area contributed by atoms with Crippen LogP contribution in [0, 0.1) is 9.39 Å². The number of nitrogens with one attached hydrogen (secondary N) is 2. The molecule has 1 aromatic carbocycles. The van der Waals surface area contributed by atoms with Crippen LogP contribution in [-0.2, 0) is 0 Å². The molecule has 0 aliphatic carbocycles. The third kappa shape index (κ3) is 3.02. The molecule has 0 atom stereocenters. The number of hydrogen-bond donors (Lipinski definition) is 2. The summed E-state index contributed by atoms with van der Waals surface area (Å²) in [5.41, 5.74) is 0.745. The first-order valence-corrected chi connectivity index (χ1v) is 6.00. The first-order valence-electron chi connectivity index (χ1n) is 4.92. The lowest BCUT2D eigenvalue weighted by molar-refractivity contribution is 0.628. The molecular weight excluding hydrogens is 334 g/mol. The molecule has 0 saturated heterocycles. The van der Waals surface area contributed by atoms with Crippen molar-refractivity contribution < 1.29 is 4.39 Å². The first-order chi connectivity index (χ1) is 8.19. The van der Waals surface area contributed by atoms with Crippen molar-refractivity contribution in [2.45, 2.75) is 0 Å². The summed E-state index contributed by atoms with van der Waals surface area (Å²) in [6, 6.07) is 6.04. The van der Waals surface area contributed by atoms with Crippen molar-refractivity contribution in [3.63, 3.8) is 0 Å². The average molecular weight is 344 g/mol. The fourth-order valence-electron chi connectivity index (χ4n) is 1.26. The third-order valence-corrected chi connectivity index (χ3v) is 2.87. The molecule has 1 heterocycles. The van der Waals surface area contributed by atoms with Crippen molar-refractivity contribution in [2.75, 3.05) is 17.7 Å². The lowest BCUT2D eigenvalue weighted by Crippen LogP contribution is -2.02. The molecular formula is C11H10FIN4. The minimum atomic E-state index is -0.269. The number of benzene rings is 1. The van der Waals surface area contributed by atoms with E-state index in [0.29, 0.717) is 5.95 Å². The number of rotatable bonds is 3. The highest BCUT2D eigenvalue weighted by molar-refractivity contribution is 14.1. The Balaban J connectivity index is 2.21. The zero-order chi connectivity index (χ0) is 12.3. The van der Waals surface area contributed by atoms with Crippen molar-refractivity contribution >= 4 is 40.0 Å². The molecule has 0 aliphatic heterocycles. The smallest absolute Gasteiger partial charge is 0.229 e. The van der Waals surface area contributed by atoms with Gasteiger partial charge in [-0.2, -0.15) is 4.98 Å². The quantitative estimate of drug-likeness (QED) is 0.841. The van der Waals surface area contributed by atoms with Crippen LogP contribution in [0.2, 0.25) is 0 Å². The Morgan fingerprint density at radius 3 is 2.59 bits per heavy atom. The second-order valence-electron chi connectivity index (χ2n) is 3.27. The highest BCUT2D eigenvalue weighted by atomic mass is 127. The van der Waals surface area contributed by atoms with Gasteiger partial charge >= 0.3 is 0 Å². The van der Waals surface area contributed by atoms with Crippen LogP contribution in [0.1, 0.15) is 0 Å². The monoisotopic (exact) mass is 344 g/mol. The van der Waals surface area contributed by atoms with Gasteiger partial charge in [0, 0.05) is 18.9 Å². The second kappa shape index (κ2) is 5.26. The molecule has 0 saturated carbocycles. The van der Waals surface area contributed by atoms with Gasteiger partial charge in [-0.1, -0.05) is 0 Å². The summed E-state index contributed by atoms with van der Waals surface area (Å²) >= 11 is 2.15. The van der Waals surface area contributed by atoms with Crippen LogP contribution in [0.25, 0.3) is 0 Å². The van der Waals surface area contributed by atoms with E-state index in [1.54, 1.807) is 25.4 Å². The SMILES string of the molecule is CNc1nc(Nc2ccc(F)cc2)ncc1I. The number of anilines is 3. The number of nitrogens with zero attached hydrogens (tertiary/aromatic N) is 2. The molecule has 0 fully saturated rings. The topological polar surface area (TPSA) is 49.8 Å². The van der Waals surface area contributed by atoms with E-state index >= 15 is 0 Å². The molecule has 0 aliphatic rings. The van der Waals surface area contributed by atoms with Gasteiger partial charge in [0.15, 0.2) is 0 Å². The van der Waals surface area contributed by atoms with E-state index < -0.39 is 0 Å². The van der Waals surface area contributed by atoms with Crippen LogP contribution in [0.3, 0.4) is 0 Å². The molecule has 0 spiro atoms. The van der Waals surface area contributed by atoms with Gasteiger partial charge in [0.25, 0.3) is 0 Å². The normalized spacial score (nSPS) is 10.1. The fraction of sp³-hybridized carbons (Fsp3) is 0.0909. The Hall–Kier alpha value is -1.44. The van der Waals surface area contributed by atoms with Crippen molar-refractivity contribution in [2.24, 2.45) is 0 Å². The molecule has 0 unspecified atom stereocenters. The largest absolute Gasteiger partial charge is 0.372 e. The van der Waals surface area contributed by atoms with Gasteiger partial charge in [0.2, 0.25) is 5.95 Å². The molecule has 17 heavy (non-hydrogen) atoms. The highest BCUT2D eigenvalue weighted by Crippen LogP contribution is 2.18. The summed E-state index contributed by atoms with van der Waals surface area (Å²) in [5, 5.41) is 5.97. The van der Waals surface area contributed by atoms with Gasteiger partial charge in [-0.3, -0.25) is 0 Å². The Kier molecular flexibility index (Phi) is 3.72. The fourth-order valence-corrected chi connectivity index (χ4v) is 1.79. The minimum Gasteiger partial charge on any atom is -0.372 e. The maximum absolute atomic E-state index is 12.7. The molecule has 0 amide bonds. The zero-order valence-corrected chi connectivity index (χ0v) is 11.2. The highest BCUT2D eigenvalue weighted by Gasteiger charge is 2.03. The van der Waals surface area contributed by atoms with Crippen LogP contribution in [0.15, 0.2) is 30.5 Å². The molecule has 88 valence electrons. The molecule has 2 N–H and O–H groups in total. The molecule has 0 bridgehead atoms. The summed E-state index contributed by atoms with van der Waals surface area (Å²) in [7, 11) is 1.80. The maximum atomic E-state index is 12.7. The van der Waals surface area contributed by atoms with E-state index in [9.17, 15) is 4.39 Å². The van der Waals surface area contributed by atoms with E-state index in [2.05, 4.69) is 43.2 Å². The summed E-state index contributed by atoms with van der Waals surface area (Å²) in [6.45, 7) is 0. The van der Waals surface area contributed by atoms with Gasteiger partial charge < -0.3 is 10.6 Å². The third-order valence-electron chi connectivity index (χ3n) is 2.08. The van der Waals surface area contributed by atoms with Gasteiger partial charge in [-0.05, 0) is 46.9 Å². The Bertz CT molecular complexity index is 515. The Labute approximate surface area is 112 Å². The van der Waals surface area contributed by atoms with E-state index in [1.807, 2.05) is 0 Å². The number of hydrogen-bond acceptors (Lipinski definition) is 4. The molecule has 4 nitrogen and oxygen atoms in total. The van der Waals surface area contributed by atoms with Crippen LogP contribution in [-0.4, -0.2) is 17.0 Å². The van der Waals surface area contributed by atoms with Gasteiger partial charge in [-0.25, -0.2) is 9.37 Å². The van der Waals surface area contributed by atoms with Crippen molar-refractivity contribution in [1.29, 1.82) is 0 Å². The summed E-state index contributed by atoms with van der Waals surface area (Å²) in [6.07, 6.45) is 1.71. The van der Waals surface area contributed by atoms with Gasteiger partial charge in [0.1, 0.15) is 11.6 Å². The number of halogens is 2. The van der Waals surface area contributed by atoms with E-state index in [-0.39, 0.29) is 5.82 Å². The van der Waals surface area contributed by atoms with Crippen LogP contribution in [0.5, 0.6) is 0 Å². The zero-order valence-electron chi connectivity index (χ0n) is 9.04. The standard InChI is InChI=1S/C11H10FIN4/c1-14-10-9(13)6-15-11(17-10)16-8-4-2-7(12)3-5-8/h2-6H,1H3,(H2,14,15,16,17). The Morgan fingerprint density at radius 2 is 1.94 bits per heavy atom. The first kappa shape index (κ1) is 12.0. The maximum Gasteiger partial charge on any atom is 0.229 e. The van der Waals surface area contributed by atoms with Crippen LogP contribution < -0.4 is 10.6 Å². The summed E-state index contributed by atoms with van der Waals surface area (Å²) < 4.78 is 13.7. The lowest BCUT2D eigenvalue weighted by Gasteiger charge is -2.07.